The van der Waals surface area contributed by atoms with Gasteiger partial charge in [0.05, 0.1) is 6.07 Å². The molecule has 54 valence electrons. The fraction of sp³-hybridized carbons (Fsp3) is 0.667. The van der Waals surface area contributed by atoms with Gasteiger partial charge in [0.1, 0.15) is 0 Å². The highest BCUT2D eigenvalue weighted by atomic mass is 14.3. The van der Waals surface area contributed by atoms with E-state index in [1.807, 2.05) is 6.92 Å². The summed E-state index contributed by atoms with van der Waals surface area (Å²) in [6, 6.07) is 2.19. The van der Waals surface area contributed by atoms with E-state index in [0.717, 1.165) is 11.5 Å². The average Bonchev–Trinajstić information content (AvgIpc) is 1.82. The van der Waals surface area contributed by atoms with Crippen LogP contribution in [0.15, 0.2) is 11.1 Å². The normalized spacial score (nSPS) is 20.9. The topological polar surface area (TPSA) is 23.8 Å². The molecule has 1 aliphatic rings. The van der Waals surface area contributed by atoms with E-state index in [0.29, 0.717) is 0 Å². The fourth-order valence-electron chi connectivity index (χ4n) is 1.24. The standard InChI is InChI=1S/C9H13N/c1-7(6-10)8(2)9-4-3-5-9/h9H,3-5H2,1-2H3. The molecular weight excluding hydrogens is 122 g/mol. The zero-order chi connectivity index (χ0) is 7.56. The molecule has 1 rings (SSSR count). The summed E-state index contributed by atoms with van der Waals surface area (Å²) in [6.07, 6.45) is 3.94. The Morgan fingerprint density at radius 3 is 2.30 bits per heavy atom. The molecule has 0 aromatic carbocycles. The number of nitriles is 1. The molecule has 1 nitrogen and oxygen atoms in total. The lowest BCUT2D eigenvalue weighted by molar-refractivity contribution is 0.366. The minimum atomic E-state index is 0.736. The molecule has 1 saturated carbocycles. The van der Waals surface area contributed by atoms with Gasteiger partial charge in [-0.25, -0.2) is 0 Å². The third kappa shape index (κ3) is 1.21. The Kier molecular flexibility index (Phi) is 2.11. The van der Waals surface area contributed by atoms with Gasteiger partial charge in [0.2, 0.25) is 0 Å². The molecule has 0 heterocycles. The fourth-order valence-corrected chi connectivity index (χ4v) is 1.24. The molecule has 0 atom stereocenters. The zero-order valence-electron chi connectivity index (χ0n) is 6.65. The lowest BCUT2D eigenvalue weighted by Crippen LogP contribution is -2.12. The number of hydrogen-bond acceptors (Lipinski definition) is 1. The lowest BCUT2D eigenvalue weighted by atomic mass is 9.79. The first kappa shape index (κ1) is 7.34. The quantitative estimate of drug-likeness (QED) is 0.507. The summed E-state index contributed by atoms with van der Waals surface area (Å²) in [4.78, 5) is 0. The van der Waals surface area contributed by atoms with Crippen molar-refractivity contribution in [3.8, 4) is 6.07 Å². The van der Waals surface area contributed by atoms with Gasteiger partial charge >= 0.3 is 0 Å². The Labute approximate surface area is 62.4 Å². The van der Waals surface area contributed by atoms with E-state index in [1.54, 1.807) is 0 Å². The summed E-state index contributed by atoms with van der Waals surface area (Å²) in [5.74, 6) is 0.736. The van der Waals surface area contributed by atoms with E-state index in [9.17, 15) is 0 Å². The van der Waals surface area contributed by atoms with E-state index in [-0.39, 0.29) is 0 Å². The molecule has 0 radical (unpaired) electrons. The van der Waals surface area contributed by atoms with Crippen molar-refractivity contribution >= 4 is 0 Å². The third-order valence-corrected chi connectivity index (χ3v) is 2.48. The van der Waals surface area contributed by atoms with Crippen LogP contribution in [0.3, 0.4) is 0 Å². The second-order valence-electron chi connectivity index (χ2n) is 3.05. The molecule has 10 heavy (non-hydrogen) atoms. The Bertz CT molecular complexity index is 191. The maximum atomic E-state index is 8.57. The summed E-state index contributed by atoms with van der Waals surface area (Å²) in [6.45, 7) is 4.00. The van der Waals surface area contributed by atoms with Gasteiger partial charge in [-0.15, -0.1) is 0 Å². The van der Waals surface area contributed by atoms with E-state index in [2.05, 4.69) is 13.0 Å². The van der Waals surface area contributed by atoms with Crippen LogP contribution in [0.2, 0.25) is 0 Å². The lowest BCUT2D eigenvalue weighted by Gasteiger charge is -2.26. The van der Waals surface area contributed by atoms with Crippen LogP contribution >= 0.6 is 0 Å². The molecule has 0 spiro atoms. The minimum absolute atomic E-state index is 0.736. The Balaban J connectivity index is 2.63. The number of rotatable bonds is 1. The minimum Gasteiger partial charge on any atom is -0.193 e. The average molecular weight is 135 g/mol. The van der Waals surface area contributed by atoms with Gasteiger partial charge in [0.25, 0.3) is 0 Å². The molecule has 0 aromatic rings. The van der Waals surface area contributed by atoms with Gasteiger partial charge in [-0.1, -0.05) is 12.0 Å². The van der Waals surface area contributed by atoms with E-state index >= 15 is 0 Å². The predicted molar refractivity (Wildman–Crippen MR) is 41.3 cm³/mol. The van der Waals surface area contributed by atoms with Crippen LogP contribution < -0.4 is 0 Å². The van der Waals surface area contributed by atoms with Crippen molar-refractivity contribution < 1.29 is 0 Å². The zero-order valence-corrected chi connectivity index (χ0v) is 6.65. The molecule has 0 amide bonds. The van der Waals surface area contributed by atoms with Crippen molar-refractivity contribution in [1.29, 1.82) is 5.26 Å². The highest BCUT2D eigenvalue weighted by Gasteiger charge is 2.19. The van der Waals surface area contributed by atoms with Crippen molar-refractivity contribution in [3.05, 3.63) is 11.1 Å². The Hall–Kier alpha value is -0.770. The predicted octanol–water partition coefficient (Wildman–Crippen LogP) is 2.65. The maximum Gasteiger partial charge on any atom is 0.0943 e. The van der Waals surface area contributed by atoms with Gasteiger partial charge in [0, 0.05) is 5.57 Å². The summed E-state index contributed by atoms with van der Waals surface area (Å²) in [5, 5.41) is 8.57. The van der Waals surface area contributed by atoms with Crippen molar-refractivity contribution in [2.24, 2.45) is 5.92 Å². The third-order valence-electron chi connectivity index (χ3n) is 2.48. The number of hydrogen-bond donors (Lipinski definition) is 0. The number of allylic oxidation sites excluding steroid dienone is 2. The van der Waals surface area contributed by atoms with E-state index in [4.69, 9.17) is 5.26 Å². The van der Waals surface area contributed by atoms with E-state index in [1.165, 1.54) is 24.8 Å². The molecule has 0 unspecified atom stereocenters. The van der Waals surface area contributed by atoms with Crippen molar-refractivity contribution in [3.63, 3.8) is 0 Å². The number of nitrogens with zero attached hydrogens (tertiary/aromatic N) is 1. The van der Waals surface area contributed by atoms with Crippen molar-refractivity contribution in [2.45, 2.75) is 33.1 Å². The SMILES string of the molecule is CC(C#N)=C(C)C1CCC1. The maximum absolute atomic E-state index is 8.57. The van der Waals surface area contributed by atoms with Gasteiger partial charge in [-0.2, -0.15) is 5.26 Å². The molecular formula is C9H13N. The second-order valence-corrected chi connectivity index (χ2v) is 3.05. The smallest absolute Gasteiger partial charge is 0.0943 e. The molecule has 0 N–H and O–H groups in total. The van der Waals surface area contributed by atoms with Crippen LogP contribution in [0, 0.1) is 17.2 Å². The second kappa shape index (κ2) is 2.88. The van der Waals surface area contributed by atoms with Crippen LogP contribution in [0.1, 0.15) is 33.1 Å². The highest BCUT2D eigenvalue weighted by Crippen LogP contribution is 2.33. The van der Waals surface area contributed by atoms with Gasteiger partial charge in [-0.05, 0) is 32.6 Å². The first-order valence-electron chi connectivity index (χ1n) is 3.83. The van der Waals surface area contributed by atoms with Gasteiger partial charge in [-0.3, -0.25) is 0 Å². The highest BCUT2D eigenvalue weighted by molar-refractivity contribution is 5.26. The first-order chi connectivity index (χ1) is 4.75. The first-order valence-corrected chi connectivity index (χ1v) is 3.83. The Morgan fingerprint density at radius 2 is 2.00 bits per heavy atom. The van der Waals surface area contributed by atoms with Crippen LogP contribution in [-0.2, 0) is 0 Å². The van der Waals surface area contributed by atoms with Crippen LogP contribution in [-0.4, -0.2) is 0 Å². The van der Waals surface area contributed by atoms with Crippen molar-refractivity contribution in [2.75, 3.05) is 0 Å². The molecule has 0 aromatic heterocycles. The molecule has 0 bridgehead atoms. The summed E-state index contributed by atoms with van der Waals surface area (Å²) in [5.41, 5.74) is 2.23. The van der Waals surface area contributed by atoms with Crippen LogP contribution in [0.25, 0.3) is 0 Å². The summed E-state index contributed by atoms with van der Waals surface area (Å²) < 4.78 is 0. The molecule has 0 saturated heterocycles. The van der Waals surface area contributed by atoms with Crippen molar-refractivity contribution in [1.82, 2.24) is 0 Å². The summed E-state index contributed by atoms with van der Waals surface area (Å²) in [7, 11) is 0. The Morgan fingerprint density at radius 1 is 1.40 bits per heavy atom. The molecule has 0 aliphatic heterocycles. The molecule has 1 aliphatic carbocycles. The largest absolute Gasteiger partial charge is 0.193 e. The molecule has 1 heteroatoms. The van der Waals surface area contributed by atoms with Crippen LogP contribution in [0.5, 0.6) is 0 Å². The summed E-state index contributed by atoms with van der Waals surface area (Å²) >= 11 is 0. The molecule has 1 fully saturated rings. The van der Waals surface area contributed by atoms with Crippen LogP contribution in [0.4, 0.5) is 0 Å². The van der Waals surface area contributed by atoms with Gasteiger partial charge < -0.3 is 0 Å². The van der Waals surface area contributed by atoms with Gasteiger partial charge in [0.15, 0.2) is 0 Å². The monoisotopic (exact) mass is 135 g/mol. The van der Waals surface area contributed by atoms with E-state index < -0.39 is 0 Å².